The zero-order chi connectivity index (χ0) is 21.8. The highest BCUT2D eigenvalue weighted by Crippen LogP contribution is 2.36. The first-order valence-corrected chi connectivity index (χ1v) is 11.6. The molecule has 0 aliphatic heterocycles. The summed E-state index contributed by atoms with van der Waals surface area (Å²) in [5.74, 6) is 2.25. The summed E-state index contributed by atoms with van der Waals surface area (Å²) in [6.07, 6.45) is 4.37. The molecule has 2 unspecified atom stereocenters. The van der Waals surface area contributed by atoms with Crippen LogP contribution in [0.4, 0.5) is 0 Å². The van der Waals surface area contributed by atoms with Crippen LogP contribution in [0.15, 0.2) is 42.5 Å². The maximum Gasteiger partial charge on any atom is 0.140 e. The Bertz CT molecular complexity index is 958. The Morgan fingerprint density at radius 1 is 0.900 bits per heavy atom. The number of hydrogen-bond acceptors (Lipinski definition) is 1. The summed E-state index contributed by atoms with van der Waals surface area (Å²) in [5, 5.41) is 0. The van der Waals surface area contributed by atoms with Crippen LogP contribution in [-0.4, -0.2) is 9.55 Å². The molecule has 0 fully saturated rings. The Morgan fingerprint density at radius 2 is 1.53 bits per heavy atom. The van der Waals surface area contributed by atoms with Crippen molar-refractivity contribution in [1.29, 1.82) is 0 Å². The lowest BCUT2D eigenvalue weighted by Gasteiger charge is -2.22. The predicted octanol–water partition coefficient (Wildman–Crippen LogP) is 7.52. The molecule has 0 spiro atoms. The fourth-order valence-electron chi connectivity index (χ4n) is 5.00. The van der Waals surface area contributed by atoms with Gasteiger partial charge in [-0.25, -0.2) is 4.98 Å². The molecular weight excluding hydrogens is 364 g/mol. The van der Waals surface area contributed by atoms with Crippen LogP contribution in [0, 0.1) is 13.8 Å². The lowest BCUT2D eigenvalue weighted by atomic mass is 9.83. The van der Waals surface area contributed by atoms with Gasteiger partial charge in [0.05, 0.1) is 5.69 Å². The number of imidazole rings is 1. The number of aromatic nitrogens is 2. The van der Waals surface area contributed by atoms with Crippen molar-refractivity contribution in [3.63, 3.8) is 0 Å². The molecule has 3 rings (SSSR count). The van der Waals surface area contributed by atoms with Gasteiger partial charge in [0.1, 0.15) is 5.82 Å². The molecule has 0 aliphatic rings. The van der Waals surface area contributed by atoms with Gasteiger partial charge in [-0.1, -0.05) is 70.2 Å². The third kappa shape index (κ3) is 4.38. The van der Waals surface area contributed by atoms with Crippen LogP contribution in [0.3, 0.4) is 0 Å². The second kappa shape index (κ2) is 9.64. The molecule has 0 saturated carbocycles. The van der Waals surface area contributed by atoms with Gasteiger partial charge in [0, 0.05) is 18.3 Å². The summed E-state index contributed by atoms with van der Waals surface area (Å²) in [6, 6.07) is 15.8. The normalized spacial score (nSPS) is 13.4. The SMILES string of the molecule is CCc1nc(-c2c(C)cc(C(C)CC(CC)c3ccccc3)cc2C)n(C)c1CC. The molecule has 1 heterocycles. The van der Waals surface area contributed by atoms with Gasteiger partial charge in [0.2, 0.25) is 0 Å². The molecule has 0 aliphatic carbocycles. The van der Waals surface area contributed by atoms with Gasteiger partial charge in [-0.3, -0.25) is 0 Å². The highest BCUT2D eigenvalue weighted by Gasteiger charge is 2.20. The van der Waals surface area contributed by atoms with Crippen LogP contribution < -0.4 is 0 Å². The molecule has 0 saturated heterocycles. The minimum absolute atomic E-state index is 0.528. The topological polar surface area (TPSA) is 17.8 Å². The van der Waals surface area contributed by atoms with E-state index in [0.717, 1.165) is 18.7 Å². The Hall–Kier alpha value is -2.35. The summed E-state index contributed by atoms with van der Waals surface area (Å²) >= 11 is 0. The van der Waals surface area contributed by atoms with Crippen molar-refractivity contribution in [2.45, 2.75) is 79.1 Å². The van der Waals surface area contributed by atoms with Crippen molar-refractivity contribution in [2.75, 3.05) is 0 Å². The number of aryl methyl sites for hydroxylation is 3. The first-order chi connectivity index (χ1) is 14.4. The van der Waals surface area contributed by atoms with Crippen LogP contribution in [0.2, 0.25) is 0 Å². The van der Waals surface area contributed by atoms with Gasteiger partial charge in [-0.05, 0) is 73.6 Å². The lowest BCUT2D eigenvalue weighted by Crippen LogP contribution is -2.06. The van der Waals surface area contributed by atoms with E-state index in [2.05, 4.69) is 95.6 Å². The average molecular weight is 403 g/mol. The molecule has 3 aromatic rings. The molecule has 0 radical (unpaired) electrons. The molecule has 0 N–H and O–H groups in total. The first-order valence-electron chi connectivity index (χ1n) is 11.6. The zero-order valence-electron chi connectivity index (χ0n) is 19.9. The van der Waals surface area contributed by atoms with Crippen molar-refractivity contribution >= 4 is 0 Å². The average Bonchev–Trinajstić information content (AvgIpc) is 3.07. The summed E-state index contributed by atoms with van der Waals surface area (Å²) in [7, 11) is 2.17. The van der Waals surface area contributed by atoms with Gasteiger partial charge >= 0.3 is 0 Å². The smallest absolute Gasteiger partial charge is 0.140 e. The van der Waals surface area contributed by atoms with E-state index in [0.29, 0.717) is 11.8 Å². The van der Waals surface area contributed by atoms with Crippen LogP contribution in [0.5, 0.6) is 0 Å². The van der Waals surface area contributed by atoms with E-state index in [4.69, 9.17) is 4.98 Å². The Morgan fingerprint density at radius 3 is 2.03 bits per heavy atom. The fourth-order valence-corrected chi connectivity index (χ4v) is 5.00. The second-order valence-electron chi connectivity index (χ2n) is 8.78. The molecule has 0 amide bonds. The second-order valence-corrected chi connectivity index (χ2v) is 8.78. The molecule has 2 nitrogen and oxygen atoms in total. The summed E-state index contributed by atoms with van der Waals surface area (Å²) in [4.78, 5) is 5.03. The van der Waals surface area contributed by atoms with E-state index in [1.54, 1.807) is 0 Å². The van der Waals surface area contributed by atoms with E-state index >= 15 is 0 Å². The standard InChI is InChI=1S/C28H38N2/c1-8-22(23-14-12-11-13-15-23)16-19(4)24-17-20(5)27(21(6)18-24)28-29-25(9-2)26(10-3)30(28)7/h11-15,17-19,22H,8-10,16H2,1-7H3. The maximum absolute atomic E-state index is 5.03. The molecule has 2 aromatic carbocycles. The minimum Gasteiger partial charge on any atom is -0.331 e. The van der Waals surface area contributed by atoms with Crippen molar-refractivity contribution in [3.05, 3.63) is 76.1 Å². The number of nitrogens with zero attached hydrogens (tertiary/aromatic N) is 2. The van der Waals surface area contributed by atoms with Crippen molar-refractivity contribution < 1.29 is 0 Å². The van der Waals surface area contributed by atoms with E-state index in [1.807, 2.05) is 0 Å². The van der Waals surface area contributed by atoms with E-state index in [1.165, 1.54) is 52.0 Å². The minimum atomic E-state index is 0.528. The maximum atomic E-state index is 5.03. The predicted molar refractivity (Wildman–Crippen MR) is 129 cm³/mol. The van der Waals surface area contributed by atoms with Crippen LogP contribution in [0.25, 0.3) is 11.4 Å². The van der Waals surface area contributed by atoms with Crippen LogP contribution in [0.1, 0.15) is 86.0 Å². The summed E-state index contributed by atoms with van der Waals surface area (Å²) < 4.78 is 2.31. The molecule has 0 bridgehead atoms. The Kier molecular flexibility index (Phi) is 7.18. The largest absolute Gasteiger partial charge is 0.331 e. The van der Waals surface area contributed by atoms with E-state index in [9.17, 15) is 0 Å². The molecule has 160 valence electrons. The van der Waals surface area contributed by atoms with Crippen LogP contribution >= 0.6 is 0 Å². The number of benzene rings is 2. The van der Waals surface area contributed by atoms with Gasteiger partial charge in [0.15, 0.2) is 0 Å². The van der Waals surface area contributed by atoms with Gasteiger partial charge in [-0.15, -0.1) is 0 Å². The Labute approximate surface area is 183 Å². The van der Waals surface area contributed by atoms with Gasteiger partial charge in [-0.2, -0.15) is 0 Å². The number of rotatable bonds is 8. The van der Waals surface area contributed by atoms with Crippen LogP contribution in [-0.2, 0) is 19.9 Å². The zero-order valence-corrected chi connectivity index (χ0v) is 19.9. The summed E-state index contributed by atoms with van der Waals surface area (Å²) in [6.45, 7) is 13.6. The highest BCUT2D eigenvalue weighted by molar-refractivity contribution is 5.67. The molecule has 1 aromatic heterocycles. The highest BCUT2D eigenvalue weighted by atomic mass is 15.1. The number of hydrogen-bond donors (Lipinski definition) is 0. The fraction of sp³-hybridized carbons (Fsp3) is 0.464. The third-order valence-corrected chi connectivity index (χ3v) is 6.72. The van der Waals surface area contributed by atoms with E-state index in [-0.39, 0.29) is 0 Å². The molecule has 2 atom stereocenters. The molecule has 2 heteroatoms. The van der Waals surface area contributed by atoms with Crippen molar-refractivity contribution in [1.82, 2.24) is 9.55 Å². The summed E-state index contributed by atoms with van der Waals surface area (Å²) in [5.41, 5.74) is 9.48. The van der Waals surface area contributed by atoms with Gasteiger partial charge in [0.25, 0.3) is 0 Å². The molecular formula is C28H38N2. The van der Waals surface area contributed by atoms with E-state index < -0.39 is 0 Å². The molecule has 30 heavy (non-hydrogen) atoms. The monoisotopic (exact) mass is 402 g/mol. The van der Waals surface area contributed by atoms with Crippen molar-refractivity contribution in [3.8, 4) is 11.4 Å². The third-order valence-electron chi connectivity index (χ3n) is 6.72. The van der Waals surface area contributed by atoms with Gasteiger partial charge < -0.3 is 4.57 Å². The van der Waals surface area contributed by atoms with Crippen molar-refractivity contribution in [2.24, 2.45) is 7.05 Å². The quantitative estimate of drug-likeness (QED) is 0.381. The lowest BCUT2D eigenvalue weighted by molar-refractivity contribution is 0.544. The Balaban J connectivity index is 1.92. The first kappa shape index (κ1) is 22.3.